The van der Waals surface area contributed by atoms with Crippen LogP contribution in [-0.2, 0) is 29.7 Å². The third kappa shape index (κ3) is 6.91. The first-order valence-electron chi connectivity index (χ1n) is 19.7. The van der Waals surface area contributed by atoms with Crippen LogP contribution < -0.4 is 20.4 Å². The fourth-order valence-corrected chi connectivity index (χ4v) is 12.8. The molecule has 0 saturated carbocycles. The Morgan fingerprint density at radius 1 is 0.448 bits per heavy atom. The van der Waals surface area contributed by atoms with Gasteiger partial charge in [0.2, 0.25) is 0 Å². The van der Waals surface area contributed by atoms with E-state index in [2.05, 4.69) is 135 Å². The zero-order valence-electron chi connectivity index (χ0n) is 33.1. The smallest absolute Gasteiger partial charge is 0.399 e. The average Bonchev–Trinajstić information content (AvgIpc) is 3.56. The molecular formula is C51H46O5P2. The van der Waals surface area contributed by atoms with Gasteiger partial charge < -0.3 is 14.0 Å². The first-order chi connectivity index (χ1) is 28.3. The zero-order valence-corrected chi connectivity index (χ0v) is 34.9. The number of hydrogen-bond donors (Lipinski definition) is 0. The monoisotopic (exact) mass is 800 g/mol. The Morgan fingerprint density at radius 3 is 1.14 bits per heavy atom. The summed E-state index contributed by atoms with van der Waals surface area (Å²) in [5.41, 5.74) is 3.28. The summed E-state index contributed by atoms with van der Waals surface area (Å²) in [5, 5.41) is 3.57. The van der Waals surface area contributed by atoms with E-state index < -0.39 is 45.7 Å². The van der Waals surface area contributed by atoms with Crippen LogP contribution in [0.2, 0.25) is 0 Å². The van der Waals surface area contributed by atoms with E-state index in [1.807, 2.05) is 86.6 Å². The highest BCUT2D eigenvalue weighted by Gasteiger charge is 2.67. The van der Waals surface area contributed by atoms with Crippen molar-refractivity contribution in [2.45, 2.75) is 56.9 Å². The lowest BCUT2D eigenvalue weighted by atomic mass is 9.72. The lowest BCUT2D eigenvalue weighted by Gasteiger charge is -2.41. The van der Waals surface area contributed by atoms with Gasteiger partial charge in [0, 0.05) is 5.30 Å². The van der Waals surface area contributed by atoms with Crippen molar-refractivity contribution in [3.05, 3.63) is 228 Å². The van der Waals surface area contributed by atoms with Gasteiger partial charge in [0.25, 0.3) is 0 Å². The minimum Gasteiger partial charge on any atom is -0.426 e. The molecule has 0 radical (unpaired) electrons. The molecule has 0 spiro atoms. The second-order valence-electron chi connectivity index (χ2n) is 15.3. The molecule has 2 saturated heterocycles. The van der Waals surface area contributed by atoms with Gasteiger partial charge in [0.05, 0.1) is 0 Å². The third-order valence-corrected chi connectivity index (χ3v) is 14.9. The Hall–Kier alpha value is -4.96. The highest BCUT2D eigenvalue weighted by Crippen LogP contribution is 2.65. The van der Waals surface area contributed by atoms with Crippen molar-refractivity contribution < 1.29 is 23.0 Å². The molecule has 0 aliphatic carbocycles. The molecule has 7 heteroatoms. The van der Waals surface area contributed by atoms with Gasteiger partial charge in [-0.2, -0.15) is 0 Å². The number of benzene rings is 7. The van der Waals surface area contributed by atoms with E-state index in [9.17, 15) is 0 Å². The van der Waals surface area contributed by atoms with Crippen LogP contribution in [0.4, 0.5) is 0 Å². The predicted molar refractivity (Wildman–Crippen MR) is 235 cm³/mol. The molecule has 2 aliphatic heterocycles. The lowest BCUT2D eigenvalue weighted by Crippen LogP contribution is -2.53. The van der Waals surface area contributed by atoms with Crippen LogP contribution in [0.25, 0.3) is 0 Å². The number of hydrogen-bond acceptors (Lipinski definition) is 5. The molecule has 0 aromatic heterocycles. The third-order valence-electron chi connectivity index (χ3n) is 11.1. The van der Waals surface area contributed by atoms with Crippen LogP contribution in [0.5, 0.6) is 5.75 Å². The number of aryl methyl sites for hydroxylation is 2. The van der Waals surface area contributed by atoms with E-state index in [0.29, 0.717) is 0 Å². The molecule has 9 rings (SSSR count). The Kier molecular flexibility index (Phi) is 10.6. The topological polar surface area (TPSA) is 46.2 Å². The van der Waals surface area contributed by atoms with Crippen molar-refractivity contribution >= 4 is 32.4 Å². The van der Waals surface area contributed by atoms with Crippen molar-refractivity contribution in [3.8, 4) is 5.75 Å². The van der Waals surface area contributed by atoms with Crippen LogP contribution in [0, 0.1) is 13.8 Å². The van der Waals surface area contributed by atoms with Crippen molar-refractivity contribution in [1.82, 2.24) is 0 Å². The second kappa shape index (κ2) is 16.0. The SMILES string of the molecule is Cc1ccc(C)c(P(c2ccccc2)c2ccccc2)c1OP1OC(c2ccccc2)(c2ccccc2)C2OC(C)(C)OC2C(c2ccccc2)(c2ccccc2)O1. The molecule has 0 bridgehead atoms. The number of rotatable bonds is 9. The minimum atomic E-state index is -2.26. The maximum Gasteiger partial charge on any atom is 0.399 e. The maximum absolute atomic E-state index is 7.74. The second-order valence-corrected chi connectivity index (χ2v) is 18.4. The largest absolute Gasteiger partial charge is 0.426 e. The van der Waals surface area contributed by atoms with E-state index in [-0.39, 0.29) is 0 Å². The van der Waals surface area contributed by atoms with Crippen molar-refractivity contribution in [2.75, 3.05) is 0 Å². The summed E-state index contributed by atoms with van der Waals surface area (Å²) in [5.74, 6) is -0.238. The van der Waals surface area contributed by atoms with Gasteiger partial charge >= 0.3 is 8.60 Å². The standard InChI is InChI=1S/C51H46O5P2/c1-37-35-36-38(2)46(57(43-31-19-9-20-32-43)44-33-21-10-22-34-44)45(37)54-58-55-50(39-23-11-5-12-24-39,40-25-13-6-14-26-40)47-48(53-49(3,4)52-47)51(56-58,41-27-15-7-16-28-41)42-29-17-8-18-30-42/h5-36,47-48H,1-4H3. The molecule has 2 aliphatic rings. The molecule has 2 atom stereocenters. The quantitative estimate of drug-likeness (QED) is 0.136. The van der Waals surface area contributed by atoms with Gasteiger partial charge in [-0.05, 0) is 79.6 Å². The van der Waals surface area contributed by atoms with E-state index in [4.69, 9.17) is 23.0 Å². The Morgan fingerprint density at radius 2 is 0.776 bits per heavy atom. The van der Waals surface area contributed by atoms with Gasteiger partial charge in [-0.15, -0.1) is 0 Å². The molecule has 7 aromatic carbocycles. The van der Waals surface area contributed by atoms with E-state index >= 15 is 0 Å². The van der Waals surface area contributed by atoms with E-state index in [1.54, 1.807) is 0 Å². The Labute approximate surface area is 344 Å². The Bertz CT molecular complexity index is 2230. The maximum atomic E-state index is 7.74. The molecule has 0 N–H and O–H groups in total. The van der Waals surface area contributed by atoms with Crippen molar-refractivity contribution in [2.24, 2.45) is 0 Å². The zero-order chi connectivity index (χ0) is 39.7. The molecule has 5 nitrogen and oxygen atoms in total. The molecule has 0 amide bonds. The van der Waals surface area contributed by atoms with Crippen LogP contribution in [0.3, 0.4) is 0 Å². The van der Waals surface area contributed by atoms with Crippen molar-refractivity contribution in [1.29, 1.82) is 0 Å². The van der Waals surface area contributed by atoms with E-state index in [1.165, 1.54) is 10.6 Å². The molecule has 290 valence electrons. The molecule has 7 aromatic rings. The highest BCUT2D eigenvalue weighted by molar-refractivity contribution is 7.80. The first kappa shape index (κ1) is 38.6. The first-order valence-corrected chi connectivity index (χ1v) is 22.2. The van der Waals surface area contributed by atoms with Gasteiger partial charge in [0.1, 0.15) is 18.0 Å². The highest BCUT2D eigenvalue weighted by atomic mass is 31.2. The average molecular weight is 801 g/mol. The normalized spacial score (nSPS) is 20.5. The number of ether oxygens (including phenoxy) is 2. The summed E-state index contributed by atoms with van der Waals surface area (Å²) in [4.78, 5) is 0. The molecular weight excluding hydrogens is 755 g/mol. The minimum absolute atomic E-state index is 0.701. The molecule has 2 heterocycles. The summed E-state index contributed by atoms with van der Waals surface area (Å²) in [6.45, 7) is 8.23. The number of fused-ring (bicyclic) bond motifs is 1. The van der Waals surface area contributed by atoms with E-state index in [0.717, 1.165) is 44.4 Å². The van der Waals surface area contributed by atoms with Gasteiger partial charge in [-0.25, -0.2) is 0 Å². The van der Waals surface area contributed by atoms with Crippen LogP contribution in [0.1, 0.15) is 47.2 Å². The summed E-state index contributed by atoms with van der Waals surface area (Å²) in [6, 6.07) is 67.2. The van der Waals surface area contributed by atoms with Crippen LogP contribution >= 0.6 is 16.5 Å². The predicted octanol–water partition coefficient (Wildman–Crippen LogP) is 11.1. The summed E-state index contributed by atoms with van der Waals surface area (Å²) < 4.78 is 37.4. The van der Waals surface area contributed by atoms with Crippen LogP contribution in [0.15, 0.2) is 194 Å². The molecule has 2 fully saturated rings. The van der Waals surface area contributed by atoms with Gasteiger partial charge in [-0.1, -0.05) is 194 Å². The van der Waals surface area contributed by atoms with Crippen LogP contribution in [-0.4, -0.2) is 18.0 Å². The summed E-state index contributed by atoms with van der Waals surface area (Å²) in [6.07, 6.45) is -1.40. The van der Waals surface area contributed by atoms with Crippen molar-refractivity contribution in [3.63, 3.8) is 0 Å². The molecule has 58 heavy (non-hydrogen) atoms. The summed E-state index contributed by atoms with van der Waals surface area (Å²) >= 11 is 0. The Balaban J connectivity index is 1.33. The lowest BCUT2D eigenvalue weighted by molar-refractivity contribution is -0.175. The summed E-state index contributed by atoms with van der Waals surface area (Å²) in [7, 11) is -3.32. The van der Waals surface area contributed by atoms with Gasteiger partial charge in [0.15, 0.2) is 17.0 Å². The fourth-order valence-electron chi connectivity index (χ4n) is 8.49. The fraction of sp³-hybridized carbons (Fsp3) is 0.176. The molecule has 2 unspecified atom stereocenters. The van der Waals surface area contributed by atoms with Gasteiger partial charge in [-0.3, -0.25) is 9.05 Å².